The molecule has 0 radical (unpaired) electrons. The minimum absolute atomic E-state index is 0.242. The van der Waals surface area contributed by atoms with Crippen LogP contribution in [0.25, 0.3) is 0 Å². The van der Waals surface area contributed by atoms with Gasteiger partial charge in [0.25, 0.3) is 0 Å². The Hall–Kier alpha value is -1.84. The van der Waals surface area contributed by atoms with Gasteiger partial charge in [0.1, 0.15) is 6.42 Å². The van der Waals surface area contributed by atoms with Crippen molar-refractivity contribution in [2.45, 2.75) is 25.7 Å². The molecule has 0 unspecified atom stereocenters. The van der Waals surface area contributed by atoms with Crippen molar-refractivity contribution in [2.24, 2.45) is 0 Å². The molecule has 0 atom stereocenters. The highest BCUT2D eigenvalue weighted by Gasteiger charge is 2.13. The number of carbonyl (C=O) groups is 2. The lowest BCUT2D eigenvalue weighted by Crippen LogP contribution is -2.17. The van der Waals surface area contributed by atoms with Gasteiger partial charge in [0.15, 0.2) is 0 Å². The third-order valence-electron chi connectivity index (χ3n) is 2.91. The summed E-state index contributed by atoms with van der Waals surface area (Å²) in [5.41, 5.74) is 3.40. The SMILES string of the molecule is COC(=O)CC(=O)Nc1ccc2c(c1)CCC2. The van der Waals surface area contributed by atoms with Gasteiger partial charge in [0.05, 0.1) is 7.11 Å². The van der Waals surface area contributed by atoms with Gasteiger partial charge in [0.2, 0.25) is 5.91 Å². The van der Waals surface area contributed by atoms with E-state index in [1.807, 2.05) is 18.2 Å². The van der Waals surface area contributed by atoms with Crippen molar-refractivity contribution in [3.63, 3.8) is 0 Å². The van der Waals surface area contributed by atoms with E-state index in [9.17, 15) is 9.59 Å². The summed E-state index contributed by atoms with van der Waals surface area (Å²) in [7, 11) is 1.27. The predicted molar refractivity (Wildman–Crippen MR) is 63.7 cm³/mol. The van der Waals surface area contributed by atoms with Crippen LogP contribution in [0.2, 0.25) is 0 Å². The first-order chi connectivity index (χ1) is 8.19. The number of nitrogens with one attached hydrogen (secondary N) is 1. The van der Waals surface area contributed by atoms with Gasteiger partial charge in [-0.05, 0) is 42.5 Å². The maximum absolute atomic E-state index is 11.5. The number of hydrogen-bond acceptors (Lipinski definition) is 3. The predicted octanol–water partition coefficient (Wildman–Crippen LogP) is 1.68. The molecule has 2 rings (SSSR count). The Bertz CT molecular complexity index is 454. The van der Waals surface area contributed by atoms with Crippen LogP contribution in [0.5, 0.6) is 0 Å². The number of rotatable bonds is 3. The van der Waals surface area contributed by atoms with E-state index >= 15 is 0 Å². The van der Waals surface area contributed by atoms with E-state index in [0.717, 1.165) is 18.5 Å². The summed E-state index contributed by atoms with van der Waals surface area (Å²) < 4.78 is 4.43. The zero-order valence-corrected chi connectivity index (χ0v) is 9.79. The quantitative estimate of drug-likeness (QED) is 0.638. The van der Waals surface area contributed by atoms with Crippen molar-refractivity contribution in [1.29, 1.82) is 0 Å². The lowest BCUT2D eigenvalue weighted by atomic mass is 10.1. The fourth-order valence-corrected chi connectivity index (χ4v) is 2.06. The van der Waals surface area contributed by atoms with E-state index in [0.29, 0.717) is 0 Å². The Morgan fingerprint density at radius 3 is 2.82 bits per heavy atom. The molecule has 1 N–H and O–H groups in total. The number of ether oxygens (including phenoxy) is 1. The summed E-state index contributed by atoms with van der Waals surface area (Å²) in [5, 5.41) is 2.70. The molecule has 1 amide bonds. The standard InChI is InChI=1S/C13H15NO3/c1-17-13(16)8-12(15)14-11-6-5-9-3-2-4-10(9)7-11/h5-7H,2-4,8H2,1H3,(H,14,15). The average molecular weight is 233 g/mol. The Labute approximate surface area is 100.0 Å². The van der Waals surface area contributed by atoms with E-state index in [-0.39, 0.29) is 12.3 Å². The molecule has 1 aromatic carbocycles. The largest absolute Gasteiger partial charge is 0.469 e. The van der Waals surface area contributed by atoms with E-state index in [1.165, 1.54) is 24.7 Å². The Balaban J connectivity index is 1.99. The van der Waals surface area contributed by atoms with E-state index in [1.54, 1.807) is 0 Å². The molecule has 0 aromatic heterocycles. The second kappa shape index (κ2) is 4.99. The smallest absolute Gasteiger partial charge is 0.315 e. The average Bonchev–Trinajstić information content (AvgIpc) is 2.75. The second-order valence-electron chi connectivity index (χ2n) is 4.14. The molecule has 1 aliphatic carbocycles. The normalized spacial score (nSPS) is 13.0. The van der Waals surface area contributed by atoms with Crippen molar-refractivity contribution in [1.82, 2.24) is 0 Å². The molecule has 17 heavy (non-hydrogen) atoms. The van der Waals surface area contributed by atoms with Crippen molar-refractivity contribution in [3.05, 3.63) is 29.3 Å². The highest BCUT2D eigenvalue weighted by Crippen LogP contribution is 2.24. The number of fused-ring (bicyclic) bond motifs is 1. The lowest BCUT2D eigenvalue weighted by molar-refractivity contribution is -0.142. The van der Waals surface area contributed by atoms with Gasteiger partial charge in [0, 0.05) is 5.69 Å². The lowest BCUT2D eigenvalue weighted by Gasteiger charge is -2.06. The molecule has 4 nitrogen and oxygen atoms in total. The Morgan fingerprint density at radius 2 is 2.06 bits per heavy atom. The zero-order chi connectivity index (χ0) is 12.3. The number of carbonyl (C=O) groups excluding carboxylic acids is 2. The number of methoxy groups -OCH3 is 1. The van der Waals surface area contributed by atoms with Crippen LogP contribution in [-0.2, 0) is 27.2 Å². The Morgan fingerprint density at radius 1 is 1.29 bits per heavy atom. The van der Waals surface area contributed by atoms with E-state index in [2.05, 4.69) is 10.1 Å². The van der Waals surface area contributed by atoms with Crippen molar-refractivity contribution in [2.75, 3.05) is 12.4 Å². The first-order valence-electron chi connectivity index (χ1n) is 5.67. The molecule has 0 heterocycles. The van der Waals surface area contributed by atoms with Gasteiger partial charge < -0.3 is 10.1 Å². The number of anilines is 1. The van der Waals surface area contributed by atoms with Crippen LogP contribution in [0.15, 0.2) is 18.2 Å². The molecular formula is C13H15NO3. The Kier molecular flexibility index (Phi) is 3.42. The highest BCUT2D eigenvalue weighted by atomic mass is 16.5. The van der Waals surface area contributed by atoms with Crippen LogP contribution in [0.4, 0.5) is 5.69 Å². The zero-order valence-electron chi connectivity index (χ0n) is 9.79. The summed E-state index contributed by atoms with van der Waals surface area (Å²) in [5.74, 6) is -0.863. The number of aryl methyl sites for hydroxylation is 2. The summed E-state index contributed by atoms with van der Waals surface area (Å²) in [6.07, 6.45) is 3.12. The summed E-state index contributed by atoms with van der Waals surface area (Å²) in [6.45, 7) is 0. The molecular weight excluding hydrogens is 218 g/mol. The molecule has 0 aliphatic heterocycles. The van der Waals surface area contributed by atoms with E-state index < -0.39 is 5.97 Å². The number of esters is 1. The molecule has 1 aliphatic rings. The maximum atomic E-state index is 11.5. The molecule has 0 spiro atoms. The maximum Gasteiger partial charge on any atom is 0.315 e. The van der Waals surface area contributed by atoms with Crippen LogP contribution in [0, 0.1) is 0 Å². The van der Waals surface area contributed by atoms with Crippen LogP contribution in [-0.4, -0.2) is 19.0 Å². The summed E-state index contributed by atoms with van der Waals surface area (Å²) in [6, 6.07) is 5.90. The number of benzene rings is 1. The third kappa shape index (κ3) is 2.84. The molecule has 1 aromatic rings. The fraction of sp³-hybridized carbons (Fsp3) is 0.385. The number of amides is 1. The highest BCUT2D eigenvalue weighted by molar-refractivity contribution is 6.01. The van der Waals surface area contributed by atoms with Gasteiger partial charge in [-0.3, -0.25) is 9.59 Å². The first-order valence-corrected chi connectivity index (χ1v) is 5.67. The van der Waals surface area contributed by atoms with Crippen LogP contribution in [0.3, 0.4) is 0 Å². The molecule has 90 valence electrons. The molecule has 0 bridgehead atoms. The van der Waals surface area contributed by atoms with Gasteiger partial charge in [-0.2, -0.15) is 0 Å². The van der Waals surface area contributed by atoms with Crippen LogP contribution in [0.1, 0.15) is 24.0 Å². The minimum atomic E-state index is -0.524. The summed E-state index contributed by atoms with van der Waals surface area (Å²) >= 11 is 0. The van der Waals surface area contributed by atoms with Crippen molar-refractivity contribution >= 4 is 17.6 Å². The molecule has 0 saturated heterocycles. The van der Waals surface area contributed by atoms with Crippen LogP contribution >= 0.6 is 0 Å². The fourth-order valence-electron chi connectivity index (χ4n) is 2.06. The molecule has 0 fully saturated rings. The van der Waals surface area contributed by atoms with Crippen molar-refractivity contribution < 1.29 is 14.3 Å². The van der Waals surface area contributed by atoms with Gasteiger partial charge >= 0.3 is 5.97 Å². The van der Waals surface area contributed by atoms with Crippen molar-refractivity contribution in [3.8, 4) is 0 Å². The topological polar surface area (TPSA) is 55.4 Å². The number of hydrogen-bond donors (Lipinski definition) is 1. The van der Waals surface area contributed by atoms with Gasteiger partial charge in [-0.1, -0.05) is 6.07 Å². The minimum Gasteiger partial charge on any atom is -0.469 e. The van der Waals surface area contributed by atoms with E-state index in [4.69, 9.17) is 0 Å². The van der Waals surface area contributed by atoms with Crippen LogP contribution < -0.4 is 5.32 Å². The third-order valence-corrected chi connectivity index (χ3v) is 2.91. The molecule has 0 saturated carbocycles. The first kappa shape index (κ1) is 11.6. The molecule has 4 heteroatoms. The second-order valence-corrected chi connectivity index (χ2v) is 4.14. The van der Waals surface area contributed by atoms with Gasteiger partial charge in [-0.25, -0.2) is 0 Å². The summed E-state index contributed by atoms with van der Waals surface area (Å²) in [4.78, 5) is 22.4. The monoisotopic (exact) mass is 233 g/mol. The van der Waals surface area contributed by atoms with Gasteiger partial charge in [-0.15, -0.1) is 0 Å².